The molecule has 0 saturated carbocycles. The van der Waals surface area contributed by atoms with Crippen molar-refractivity contribution in [2.75, 3.05) is 0 Å². The zero-order chi connectivity index (χ0) is 23.3. The van der Waals surface area contributed by atoms with E-state index < -0.39 is 35.4 Å². The van der Waals surface area contributed by atoms with Crippen molar-refractivity contribution in [2.24, 2.45) is 5.16 Å². The molecule has 14 heteroatoms. The van der Waals surface area contributed by atoms with Crippen molar-refractivity contribution >= 4 is 17.8 Å². The summed E-state index contributed by atoms with van der Waals surface area (Å²) in [6.07, 6.45) is -5.20. The molecule has 0 unspecified atom stereocenters. The molecule has 1 aromatic heterocycles. The molecule has 0 aliphatic carbocycles. The normalized spacial score (nSPS) is 12.0. The molecule has 1 N–H and O–H groups in total. The number of oxime groups is 1. The minimum atomic E-state index is -4.92. The summed E-state index contributed by atoms with van der Waals surface area (Å²) >= 11 is 0. The maximum absolute atomic E-state index is 11.3. The first-order valence-electron chi connectivity index (χ1n) is 7.11. The summed E-state index contributed by atoms with van der Waals surface area (Å²) in [5.41, 5.74) is 0.840. The number of rotatable bonds is 3. The predicted octanol–water partition coefficient (Wildman–Crippen LogP) is 1.65. The molecule has 0 spiro atoms. The molecule has 1 aromatic rings. The number of pyridine rings is 1. The van der Waals surface area contributed by atoms with Gasteiger partial charge in [0.25, 0.3) is 0 Å². The Morgan fingerprint density at radius 3 is 1.47 bits per heavy atom. The van der Waals surface area contributed by atoms with Crippen LogP contribution in [0.2, 0.25) is 0 Å². The molecule has 7 nitrogen and oxygen atoms in total. The summed E-state index contributed by atoms with van der Waals surface area (Å²) in [7, 11) is 0. The Kier molecular flexibility index (Phi) is 16.0. The third-order valence-corrected chi connectivity index (χ3v) is 2.14. The first kappa shape index (κ1) is 31.8. The van der Waals surface area contributed by atoms with Crippen LogP contribution in [0.4, 0.5) is 26.3 Å². The van der Waals surface area contributed by atoms with Gasteiger partial charge in [-0.25, -0.2) is 0 Å². The largest absolute Gasteiger partial charge is 2.00 e. The van der Waals surface area contributed by atoms with Crippen molar-refractivity contribution in [3.63, 3.8) is 0 Å². The first-order chi connectivity index (χ1) is 13.1. The molecule has 0 fully saturated rings. The Balaban J connectivity index is -0.000000359. The van der Waals surface area contributed by atoms with Crippen LogP contribution in [-0.2, 0) is 26.7 Å². The van der Waals surface area contributed by atoms with Crippen LogP contribution >= 0.6 is 0 Å². The van der Waals surface area contributed by atoms with E-state index in [1.165, 1.54) is 6.21 Å². The molecule has 0 aliphatic rings. The smallest absolute Gasteiger partial charge is 0.869 e. The van der Waals surface area contributed by atoms with Gasteiger partial charge in [0.05, 0.1) is 6.21 Å². The third kappa shape index (κ3) is 18.5. The average Bonchev–Trinajstić information content (AvgIpc) is 2.54. The van der Waals surface area contributed by atoms with E-state index in [-0.39, 0.29) is 29.2 Å². The summed E-state index contributed by atoms with van der Waals surface area (Å²) in [5.74, 6) is -6.02. The van der Waals surface area contributed by atoms with Gasteiger partial charge in [-0.1, -0.05) is 5.16 Å². The van der Waals surface area contributed by atoms with E-state index in [2.05, 4.69) is 10.1 Å². The quantitative estimate of drug-likeness (QED) is 0.130. The van der Waals surface area contributed by atoms with Gasteiger partial charge in [-0.3, -0.25) is 14.6 Å². The van der Waals surface area contributed by atoms with Gasteiger partial charge in [-0.15, -0.1) is 0 Å². The Morgan fingerprint density at radius 1 is 0.933 bits per heavy atom. The molecule has 0 aromatic carbocycles. The fraction of sp³-hybridized carbons (Fsp3) is 0.250. The van der Waals surface area contributed by atoms with E-state index in [4.69, 9.17) is 5.21 Å². The number of aromatic nitrogens is 1. The number of carbonyl (C=O) groups excluding carboxylic acids is 2. The van der Waals surface area contributed by atoms with E-state index in [9.17, 15) is 46.1 Å². The number of carbonyl (C=O) groups is 2. The van der Waals surface area contributed by atoms with Gasteiger partial charge in [0.1, 0.15) is 0 Å². The van der Waals surface area contributed by atoms with Crippen LogP contribution in [0.5, 0.6) is 0 Å². The average molecular weight is 492 g/mol. The topological polar surface area (TPSA) is 126 Å². The van der Waals surface area contributed by atoms with E-state index in [1.807, 2.05) is 0 Å². The van der Waals surface area contributed by atoms with Crippen LogP contribution in [0.1, 0.15) is 19.4 Å². The molecule has 171 valence electrons. The van der Waals surface area contributed by atoms with Crippen molar-refractivity contribution in [1.82, 2.24) is 4.98 Å². The standard InChI is InChI=1S/C6H6N2O.2C5H5F3O2.Cu/c9-8-5-6-1-3-7-4-2-6;2*1-3(9)2-4(10)5(6,7)8;/h1-5,9H;2*2,10H,1H3;/q;;;+2/p-2/b8-5+;2*4-2-;. The van der Waals surface area contributed by atoms with Gasteiger partial charge in [0.15, 0.2) is 11.6 Å². The van der Waals surface area contributed by atoms with Crippen LogP contribution in [0, 0.1) is 0 Å². The maximum atomic E-state index is 11.3. The number of nitrogens with zero attached hydrogens (tertiary/aromatic N) is 2. The fourth-order valence-corrected chi connectivity index (χ4v) is 1.05. The number of hydrogen-bond acceptors (Lipinski definition) is 7. The van der Waals surface area contributed by atoms with E-state index in [0.29, 0.717) is 0 Å². The van der Waals surface area contributed by atoms with Gasteiger partial charge < -0.3 is 15.4 Å². The number of allylic oxidation sites excluding steroid dienone is 4. The van der Waals surface area contributed by atoms with Crippen molar-refractivity contribution in [3.05, 3.63) is 53.8 Å². The molecule has 0 saturated heterocycles. The summed E-state index contributed by atoms with van der Waals surface area (Å²) in [4.78, 5) is 23.6. The summed E-state index contributed by atoms with van der Waals surface area (Å²) < 4.78 is 67.7. The van der Waals surface area contributed by atoms with Crippen LogP contribution in [0.15, 0.2) is 53.4 Å². The van der Waals surface area contributed by atoms with E-state index >= 15 is 0 Å². The maximum Gasteiger partial charge on any atom is 2.00 e. The summed E-state index contributed by atoms with van der Waals surface area (Å²) in [5, 5.41) is 30.7. The molecule has 1 radical (unpaired) electrons. The van der Waals surface area contributed by atoms with Crippen LogP contribution < -0.4 is 10.2 Å². The Labute approximate surface area is 176 Å². The second-order valence-corrected chi connectivity index (χ2v) is 4.76. The second-order valence-electron chi connectivity index (χ2n) is 4.76. The van der Waals surface area contributed by atoms with Gasteiger partial charge in [0.2, 0.25) is 0 Å². The van der Waals surface area contributed by atoms with E-state index in [1.54, 1.807) is 24.5 Å². The minimum Gasteiger partial charge on any atom is -0.869 e. The third-order valence-electron chi connectivity index (χ3n) is 2.14. The predicted molar refractivity (Wildman–Crippen MR) is 83.3 cm³/mol. The molecule has 0 aliphatic heterocycles. The Hall–Kier alpha value is -2.86. The van der Waals surface area contributed by atoms with Crippen LogP contribution in [-0.4, -0.2) is 40.3 Å². The Morgan fingerprint density at radius 2 is 1.27 bits per heavy atom. The molecule has 1 rings (SSSR count). The minimum absolute atomic E-state index is 0. The van der Waals surface area contributed by atoms with Crippen molar-refractivity contribution < 1.29 is 68.4 Å². The summed E-state index contributed by atoms with van der Waals surface area (Å²) in [6, 6.07) is 3.50. The fourth-order valence-electron chi connectivity index (χ4n) is 1.05. The molecule has 0 atom stereocenters. The Bertz CT molecular complexity index is 707. The number of ketones is 2. The molecule has 0 bridgehead atoms. The zero-order valence-corrected chi connectivity index (χ0v) is 16.0. The zero-order valence-electron chi connectivity index (χ0n) is 15.1. The number of alkyl halides is 6. The van der Waals surface area contributed by atoms with E-state index in [0.717, 1.165) is 19.4 Å². The van der Waals surface area contributed by atoms with Crippen LogP contribution in [0.3, 0.4) is 0 Å². The number of halogens is 6. The van der Waals surface area contributed by atoms with Crippen molar-refractivity contribution in [3.8, 4) is 0 Å². The number of hydrogen-bond donors (Lipinski definition) is 1. The SMILES string of the molecule is CC(=O)/C=C(\[O-])C(F)(F)F.CC(=O)/C=C(\[O-])C(F)(F)F.O/N=C/c1ccncc1.[Cu+2]. The van der Waals surface area contributed by atoms with Gasteiger partial charge in [-0.2, -0.15) is 26.3 Å². The molecular weight excluding hydrogens is 478 g/mol. The van der Waals surface area contributed by atoms with Crippen LogP contribution in [0.25, 0.3) is 0 Å². The van der Waals surface area contributed by atoms with Gasteiger partial charge in [-0.05, 0) is 55.2 Å². The molecular formula is C16H14CuF6N2O5. The second kappa shape index (κ2) is 15.0. The summed E-state index contributed by atoms with van der Waals surface area (Å²) in [6.45, 7) is 1.76. The first-order valence-corrected chi connectivity index (χ1v) is 7.11. The van der Waals surface area contributed by atoms with Gasteiger partial charge >= 0.3 is 29.4 Å². The monoisotopic (exact) mass is 491 g/mol. The van der Waals surface area contributed by atoms with Crippen molar-refractivity contribution in [1.29, 1.82) is 0 Å². The molecule has 0 amide bonds. The van der Waals surface area contributed by atoms with Gasteiger partial charge in [0, 0.05) is 12.4 Å². The molecule has 1 heterocycles. The van der Waals surface area contributed by atoms with Crippen molar-refractivity contribution in [2.45, 2.75) is 26.2 Å². The molecule has 30 heavy (non-hydrogen) atoms.